The highest BCUT2D eigenvalue weighted by atomic mass is 32.1. The second kappa shape index (κ2) is 5.69. The van der Waals surface area contributed by atoms with Crippen LogP contribution in [0.2, 0.25) is 0 Å². The van der Waals surface area contributed by atoms with Crippen molar-refractivity contribution in [3.05, 3.63) is 22.9 Å². The molecule has 0 saturated carbocycles. The summed E-state index contributed by atoms with van der Waals surface area (Å²) in [5.41, 5.74) is 0. The summed E-state index contributed by atoms with van der Waals surface area (Å²) >= 11 is 1.71. The van der Waals surface area contributed by atoms with Gasteiger partial charge in [-0.3, -0.25) is 4.70 Å². The molecule has 0 nitrogen and oxygen atoms in total. The van der Waals surface area contributed by atoms with Crippen molar-refractivity contribution in [3.63, 3.8) is 0 Å². The smallest absolute Gasteiger partial charge is 0.0814 e. The van der Waals surface area contributed by atoms with Crippen LogP contribution in [0.4, 0.5) is 4.70 Å². The van der Waals surface area contributed by atoms with E-state index in [0.717, 1.165) is 0 Å². The lowest BCUT2D eigenvalue weighted by atomic mass is 10.7. The Kier molecular flexibility index (Phi) is 8.01. The van der Waals surface area contributed by atoms with Gasteiger partial charge < -0.3 is 0 Å². The second-order valence-electron chi connectivity index (χ2n) is 0.793. The van der Waals surface area contributed by atoms with Crippen LogP contribution in [-0.2, 0) is 0 Å². The molecule has 0 atom stereocenters. The van der Waals surface area contributed by atoms with Gasteiger partial charge in [0.15, 0.2) is 0 Å². The fourth-order valence-corrected chi connectivity index (χ4v) is 0.680. The van der Waals surface area contributed by atoms with Gasteiger partial charge >= 0.3 is 0 Å². The summed E-state index contributed by atoms with van der Waals surface area (Å²) in [4.78, 5) is 0. The van der Waals surface area contributed by atoms with Crippen molar-refractivity contribution < 1.29 is 4.70 Å². The molecule has 1 aromatic rings. The normalized spacial score (nSPS) is 5.71. The van der Waals surface area contributed by atoms with Crippen LogP contribution in [0.15, 0.2) is 22.9 Å². The quantitative estimate of drug-likeness (QED) is 0.440. The van der Waals surface area contributed by atoms with Gasteiger partial charge in [-0.1, -0.05) is 12.1 Å². The standard InChI is InChI=1S/C4H4S.BH3.FH/c1-2-4-5-3-1;;/h1-4H;1H3;1H. The van der Waals surface area contributed by atoms with Gasteiger partial charge in [0.2, 0.25) is 0 Å². The fraction of sp³-hybridized carbons (Fsp3) is 0. The summed E-state index contributed by atoms with van der Waals surface area (Å²) < 4.78 is 0. The van der Waals surface area contributed by atoms with E-state index in [1.165, 1.54) is 0 Å². The van der Waals surface area contributed by atoms with E-state index < -0.39 is 0 Å². The first-order valence-electron chi connectivity index (χ1n) is 1.47. The molecule has 0 aliphatic carbocycles. The molecule has 0 amide bonds. The molecule has 0 aliphatic heterocycles. The van der Waals surface area contributed by atoms with Gasteiger partial charge in [0, 0.05) is 0 Å². The Morgan fingerprint density at radius 2 is 1.43 bits per heavy atom. The Bertz CT molecular complexity index is 68.2. The van der Waals surface area contributed by atoms with Crippen LogP contribution < -0.4 is 0 Å². The van der Waals surface area contributed by atoms with Crippen LogP contribution >= 0.6 is 11.3 Å². The summed E-state index contributed by atoms with van der Waals surface area (Å²) in [7, 11) is 0. The largest absolute Gasteiger partial charge is 0.269 e. The molecule has 1 heterocycles. The molecule has 1 rings (SSSR count). The Hall–Kier alpha value is -0.305. The molecule has 40 valence electrons. The van der Waals surface area contributed by atoms with E-state index in [0.29, 0.717) is 0 Å². The monoisotopic (exact) mass is 118 g/mol. The van der Waals surface area contributed by atoms with Crippen molar-refractivity contribution in [3.8, 4) is 0 Å². The van der Waals surface area contributed by atoms with Gasteiger partial charge in [-0.05, 0) is 10.8 Å². The summed E-state index contributed by atoms with van der Waals surface area (Å²) in [5.74, 6) is 0. The highest BCUT2D eigenvalue weighted by Crippen LogP contribution is 1.91. The minimum Gasteiger partial charge on any atom is -0.269 e. The van der Waals surface area contributed by atoms with Gasteiger partial charge in [-0.2, -0.15) is 11.3 Å². The first kappa shape index (κ1) is 9.85. The lowest BCUT2D eigenvalue weighted by molar-refractivity contribution is 1.11. The minimum atomic E-state index is 0. The molecule has 0 fully saturated rings. The summed E-state index contributed by atoms with van der Waals surface area (Å²) in [6, 6.07) is 4.04. The van der Waals surface area contributed by atoms with E-state index in [1.54, 1.807) is 11.3 Å². The Morgan fingerprint density at radius 3 is 1.57 bits per heavy atom. The van der Waals surface area contributed by atoms with E-state index in [2.05, 4.69) is 0 Å². The zero-order valence-corrected chi connectivity index (χ0v) is 3.94. The van der Waals surface area contributed by atoms with Gasteiger partial charge in [-0.25, -0.2) is 0 Å². The number of thiophene rings is 1. The van der Waals surface area contributed by atoms with Crippen molar-refractivity contribution in [2.24, 2.45) is 0 Å². The highest BCUT2D eigenvalue weighted by molar-refractivity contribution is 7.07. The summed E-state index contributed by atoms with van der Waals surface area (Å²) in [6.45, 7) is 0. The van der Waals surface area contributed by atoms with Crippen LogP contribution in [0.25, 0.3) is 0 Å². The molecule has 0 aliphatic rings. The molecular formula is C4H8BFS. The Labute approximate surface area is 48.1 Å². The Morgan fingerprint density at radius 1 is 1.00 bits per heavy atom. The summed E-state index contributed by atoms with van der Waals surface area (Å²) in [5, 5.41) is 4.08. The predicted octanol–water partition coefficient (Wildman–Crippen LogP) is 0.717. The van der Waals surface area contributed by atoms with Gasteiger partial charge in [0.05, 0.1) is 8.41 Å². The van der Waals surface area contributed by atoms with Gasteiger partial charge in [-0.15, -0.1) is 0 Å². The Balaban J connectivity index is 0. The zero-order valence-electron chi connectivity index (χ0n) is 3.13. The van der Waals surface area contributed by atoms with E-state index in [-0.39, 0.29) is 13.1 Å². The maximum absolute atomic E-state index is 2.04. The third-order valence-electron chi connectivity index (χ3n) is 0.425. The predicted molar refractivity (Wildman–Crippen MR) is 36.8 cm³/mol. The molecule has 0 unspecified atom stereocenters. The first-order valence-corrected chi connectivity index (χ1v) is 2.41. The molecular weight excluding hydrogens is 110 g/mol. The average molecular weight is 118 g/mol. The van der Waals surface area contributed by atoms with E-state index in [4.69, 9.17) is 0 Å². The van der Waals surface area contributed by atoms with Crippen LogP contribution in [0.3, 0.4) is 0 Å². The molecule has 3 heteroatoms. The van der Waals surface area contributed by atoms with Crippen molar-refractivity contribution in [1.29, 1.82) is 0 Å². The van der Waals surface area contributed by atoms with E-state index >= 15 is 0 Å². The highest BCUT2D eigenvalue weighted by Gasteiger charge is 1.58. The van der Waals surface area contributed by atoms with Gasteiger partial charge in [0.1, 0.15) is 0 Å². The topological polar surface area (TPSA) is 0 Å². The third kappa shape index (κ3) is 3.53. The average Bonchev–Trinajstić information content (AvgIpc) is 1.76. The molecule has 7 heavy (non-hydrogen) atoms. The SMILES string of the molecule is B.F.c1ccsc1. The molecule has 0 aromatic carbocycles. The maximum Gasteiger partial charge on any atom is 0.0814 e. The zero-order chi connectivity index (χ0) is 3.54. The number of halogens is 1. The molecule has 0 radical (unpaired) electrons. The lowest BCUT2D eigenvalue weighted by Gasteiger charge is -1.39. The van der Waals surface area contributed by atoms with Crippen LogP contribution in [0.5, 0.6) is 0 Å². The van der Waals surface area contributed by atoms with Crippen molar-refractivity contribution in [2.75, 3.05) is 0 Å². The third-order valence-corrected chi connectivity index (χ3v) is 1.05. The first-order chi connectivity index (χ1) is 2.50. The number of rotatable bonds is 0. The lowest BCUT2D eigenvalue weighted by Crippen LogP contribution is -1.16. The molecule has 1 aromatic heterocycles. The number of hydrogen-bond acceptors (Lipinski definition) is 1. The van der Waals surface area contributed by atoms with Crippen molar-refractivity contribution >= 4 is 19.7 Å². The second-order valence-corrected chi connectivity index (χ2v) is 1.61. The minimum absolute atomic E-state index is 0. The van der Waals surface area contributed by atoms with Crippen molar-refractivity contribution in [2.45, 2.75) is 0 Å². The number of hydrogen-bond donors (Lipinski definition) is 0. The van der Waals surface area contributed by atoms with Crippen LogP contribution in [0.1, 0.15) is 0 Å². The molecule has 0 spiro atoms. The molecule has 0 bridgehead atoms. The fourth-order valence-electron chi connectivity index (χ4n) is 0.227. The van der Waals surface area contributed by atoms with E-state index in [1.807, 2.05) is 22.9 Å². The van der Waals surface area contributed by atoms with E-state index in [9.17, 15) is 0 Å². The maximum atomic E-state index is 2.04. The van der Waals surface area contributed by atoms with Gasteiger partial charge in [0.25, 0.3) is 0 Å². The van der Waals surface area contributed by atoms with Crippen molar-refractivity contribution in [1.82, 2.24) is 0 Å². The molecule has 0 N–H and O–H groups in total. The van der Waals surface area contributed by atoms with Crippen LogP contribution in [-0.4, -0.2) is 8.41 Å². The summed E-state index contributed by atoms with van der Waals surface area (Å²) in [6.07, 6.45) is 0. The van der Waals surface area contributed by atoms with Crippen LogP contribution in [0, 0.1) is 0 Å². The molecule has 0 saturated heterocycles.